The summed E-state index contributed by atoms with van der Waals surface area (Å²) in [6, 6.07) is 4.50. The number of carbonyl (C=O) groups excluding carboxylic acids is 1. The van der Waals surface area contributed by atoms with Gasteiger partial charge in [0.15, 0.2) is 0 Å². The van der Waals surface area contributed by atoms with Crippen LogP contribution in [-0.4, -0.2) is 32.1 Å². The largest absolute Gasteiger partial charge is 0.391 e. The van der Waals surface area contributed by atoms with E-state index in [1.165, 1.54) is 12.1 Å². The highest BCUT2D eigenvalue weighted by Gasteiger charge is 2.22. The molecule has 1 aliphatic heterocycles. The molecule has 0 radical (unpaired) electrons. The van der Waals surface area contributed by atoms with Crippen molar-refractivity contribution in [3.8, 4) is 0 Å². The average molecular weight is 298 g/mol. The van der Waals surface area contributed by atoms with E-state index in [2.05, 4.69) is 10.0 Å². The molecule has 0 saturated heterocycles. The highest BCUT2D eigenvalue weighted by Crippen LogP contribution is 2.25. The molecule has 0 fully saturated rings. The molecule has 0 aliphatic carbocycles. The van der Waals surface area contributed by atoms with Crippen molar-refractivity contribution in [3.63, 3.8) is 0 Å². The number of hydrogen-bond acceptors (Lipinski definition) is 4. The maximum Gasteiger partial charge on any atom is 0.240 e. The molecule has 1 aromatic rings. The van der Waals surface area contributed by atoms with E-state index < -0.39 is 16.1 Å². The van der Waals surface area contributed by atoms with Gasteiger partial charge in [-0.25, -0.2) is 13.1 Å². The SMILES string of the molecule is CC(C)C(O)CNS(=O)(=O)c1ccc2c(c1)CC(=O)N2. The van der Waals surface area contributed by atoms with Crippen LogP contribution in [0.3, 0.4) is 0 Å². The number of benzene rings is 1. The number of rotatable bonds is 5. The van der Waals surface area contributed by atoms with Gasteiger partial charge in [-0.05, 0) is 29.7 Å². The minimum absolute atomic E-state index is 0.0282. The Morgan fingerprint density at radius 1 is 1.40 bits per heavy atom. The summed E-state index contributed by atoms with van der Waals surface area (Å²) >= 11 is 0. The summed E-state index contributed by atoms with van der Waals surface area (Å²) in [5.41, 5.74) is 1.32. The van der Waals surface area contributed by atoms with Gasteiger partial charge in [0.2, 0.25) is 15.9 Å². The first-order chi connectivity index (χ1) is 9.29. The summed E-state index contributed by atoms with van der Waals surface area (Å²) in [4.78, 5) is 11.3. The Hall–Kier alpha value is -1.44. The lowest BCUT2D eigenvalue weighted by atomic mass is 10.1. The van der Waals surface area contributed by atoms with Crippen LogP contribution in [0.4, 0.5) is 5.69 Å². The molecule has 1 amide bonds. The van der Waals surface area contributed by atoms with Gasteiger partial charge in [0.1, 0.15) is 0 Å². The Bertz CT molecular complexity index is 625. The van der Waals surface area contributed by atoms with Crippen molar-refractivity contribution in [1.29, 1.82) is 0 Å². The Kier molecular flexibility index (Phi) is 4.12. The number of aliphatic hydroxyl groups excluding tert-OH is 1. The van der Waals surface area contributed by atoms with Gasteiger partial charge in [-0.3, -0.25) is 4.79 Å². The highest BCUT2D eigenvalue weighted by atomic mass is 32.2. The summed E-state index contributed by atoms with van der Waals surface area (Å²) in [6.07, 6.45) is -0.546. The van der Waals surface area contributed by atoms with Gasteiger partial charge in [-0.1, -0.05) is 13.8 Å². The van der Waals surface area contributed by atoms with Crippen LogP contribution in [0.5, 0.6) is 0 Å². The highest BCUT2D eigenvalue weighted by molar-refractivity contribution is 7.89. The second-order valence-corrected chi connectivity index (χ2v) is 6.97. The fourth-order valence-corrected chi connectivity index (χ4v) is 2.99. The minimum atomic E-state index is -3.68. The minimum Gasteiger partial charge on any atom is -0.391 e. The molecule has 0 aromatic heterocycles. The number of sulfonamides is 1. The standard InChI is InChI=1S/C13H18N2O4S/c1-8(2)12(16)7-14-20(18,19)10-3-4-11-9(5-10)6-13(17)15-11/h3-5,8,12,14,16H,6-7H2,1-2H3,(H,15,17). The second kappa shape index (κ2) is 5.51. The van der Waals surface area contributed by atoms with E-state index in [-0.39, 0.29) is 29.7 Å². The van der Waals surface area contributed by atoms with E-state index in [1.807, 2.05) is 13.8 Å². The van der Waals surface area contributed by atoms with Crippen molar-refractivity contribution in [2.24, 2.45) is 5.92 Å². The molecular weight excluding hydrogens is 280 g/mol. The van der Waals surface area contributed by atoms with E-state index in [0.717, 1.165) is 0 Å². The van der Waals surface area contributed by atoms with Gasteiger partial charge in [0, 0.05) is 12.2 Å². The molecule has 1 aromatic carbocycles. The molecule has 20 heavy (non-hydrogen) atoms. The third-order valence-electron chi connectivity index (χ3n) is 3.26. The number of anilines is 1. The van der Waals surface area contributed by atoms with Crippen molar-refractivity contribution < 1.29 is 18.3 Å². The Balaban J connectivity index is 2.15. The fraction of sp³-hybridized carbons (Fsp3) is 0.462. The second-order valence-electron chi connectivity index (χ2n) is 5.21. The lowest BCUT2D eigenvalue weighted by molar-refractivity contribution is -0.115. The molecule has 0 bridgehead atoms. The van der Waals surface area contributed by atoms with Crippen LogP contribution in [0.1, 0.15) is 19.4 Å². The van der Waals surface area contributed by atoms with Gasteiger partial charge in [0.25, 0.3) is 0 Å². The summed E-state index contributed by atoms with van der Waals surface area (Å²) in [7, 11) is -3.68. The summed E-state index contributed by atoms with van der Waals surface area (Å²) in [6.45, 7) is 3.59. The maximum absolute atomic E-state index is 12.1. The van der Waals surface area contributed by atoms with Crippen molar-refractivity contribution >= 4 is 21.6 Å². The summed E-state index contributed by atoms with van der Waals surface area (Å²) in [5, 5.41) is 12.3. The third kappa shape index (κ3) is 3.17. The molecule has 7 heteroatoms. The molecule has 6 nitrogen and oxygen atoms in total. The lowest BCUT2D eigenvalue weighted by Crippen LogP contribution is -2.34. The van der Waals surface area contributed by atoms with Gasteiger partial charge in [-0.15, -0.1) is 0 Å². The van der Waals surface area contributed by atoms with Gasteiger partial charge in [-0.2, -0.15) is 0 Å². The normalized spacial score (nSPS) is 16.1. The van der Waals surface area contributed by atoms with Gasteiger partial charge < -0.3 is 10.4 Å². The Morgan fingerprint density at radius 3 is 2.75 bits per heavy atom. The molecule has 3 N–H and O–H groups in total. The summed E-state index contributed by atoms with van der Waals surface area (Å²) in [5.74, 6) is -0.169. The Morgan fingerprint density at radius 2 is 2.10 bits per heavy atom. The zero-order chi connectivity index (χ0) is 14.9. The number of fused-ring (bicyclic) bond motifs is 1. The van der Waals surface area contributed by atoms with Gasteiger partial charge in [0.05, 0.1) is 17.4 Å². The first-order valence-electron chi connectivity index (χ1n) is 6.40. The molecule has 1 aliphatic rings. The predicted octanol–water partition coefficient (Wildman–Crippen LogP) is 0.476. The lowest BCUT2D eigenvalue weighted by Gasteiger charge is -2.15. The van der Waals surface area contributed by atoms with E-state index in [9.17, 15) is 18.3 Å². The molecule has 0 saturated carbocycles. The smallest absolute Gasteiger partial charge is 0.240 e. The number of aliphatic hydroxyl groups is 1. The van der Waals surface area contributed by atoms with Crippen LogP contribution in [0, 0.1) is 5.92 Å². The van der Waals surface area contributed by atoms with Gasteiger partial charge >= 0.3 is 0 Å². The van der Waals surface area contributed by atoms with Crippen LogP contribution in [0.2, 0.25) is 0 Å². The number of hydrogen-bond donors (Lipinski definition) is 3. The topological polar surface area (TPSA) is 95.5 Å². The van der Waals surface area contributed by atoms with Crippen molar-refractivity contribution in [2.45, 2.75) is 31.3 Å². The molecule has 2 rings (SSSR count). The third-order valence-corrected chi connectivity index (χ3v) is 4.69. The number of nitrogens with one attached hydrogen (secondary N) is 2. The van der Waals surface area contributed by atoms with Crippen LogP contribution >= 0.6 is 0 Å². The molecule has 110 valence electrons. The summed E-state index contributed by atoms with van der Waals surface area (Å²) < 4.78 is 26.6. The zero-order valence-corrected chi connectivity index (χ0v) is 12.2. The van der Waals surface area contributed by atoms with Crippen molar-refractivity contribution in [3.05, 3.63) is 23.8 Å². The molecule has 1 atom stereocenters. The van der Waals surface area contributed by atoms with Crippen LogP contribution < -0.4 is 10.0 Å². The van der Waals surface area contributed by atoms with Crippen LogP contribution in [0.25, 0.3) is 0 Å². The fourth-order valence-electron chi connectivity index (χ4n) is 1.89. The van der Waals surface area contributed by atoms with E-state index >= 15 is 0 Å². The Labute approximate surface area is 118 Å². The van der Waals surface area contributed by atoms with Crippen molar-refractivity contribution in [1.82, 2.24) is 4.72 Å². The first kappa shape index (κ1) is 15.0. The van der Waals surface area contributed by atoms with Crippen molar-refractivity contribution in [2.75, 3.05) is 11.9 Å². The van der Waals surface area contributed by atoms with Crippen LogP contribution in [-0.2, 0) is 21.2 Å². The first-order valence-corrected chi connectivity index (χ1v) is 7.88. The quantitative estimate of drug-likeness (QED) is 0.736. The zero-order valence-electron chi connectivity index (χ0n) is 11.4. The van der Waals surface area contributed by atoms with E-state index in [1.54, 1.807) is 6.07 Å². The molecule has 1 heterocycles. The molecular formula is C13H18N2O4S. The molecule has 0 spiro atoms. The monoisotopic (exact) mass is 298 g/mol. The van der Waals surface area contributed by atoms with Crippen LogP contribution in [0.15, 0.2) is 23.1 Å². The predicted molar refractivity (Wildman–Crippen MR) is 74.8 cm³/mol. The average Bonchev–Trinajstić information content (AvgIpc) is 2.74. The maximum atomic E-state index is 12.1. The number of carbonyl (C=O) groups is 1. The number of amides is 1. The van der Waals surface area contributed by atoms with E-state index in [4.69, 9.17) is 0 Å². The van der Waals surface area contributed by atoms with E-state index in [0.29, 0.717) is 11.3 Å². The molecule has 1 unspecified atom stereocenters.